The van der Waals surface area contributed by atoms with E-state index < -0.39 is 0 Å². The highest BCUT2D eigenvalue weighted by Gasteiger charge is 2.30. The average Bonchev–Trinajstić information content (AvgIpc) is 2.85. The van der Waals surface area contributed by atoms with Gasteiger partial charge in [0, 0.05) is 31.6 Å². The Morgan fingerprint density at radius 1 is 1.00 bits per heavy atom. The Balaban J connectivity index is 2.01. The van der Waals surface area contributed by atoms with E-state index in [-0.39, 0.29) is 23.1 Å². The normalized spacial score (nSPS) is 17.0. The second kappa shape index (κ2) is 7.89. The third kappa shape index (κ3) is 4.74. The van der Waals surface area contributed by atoms with Crippen LogP contribution in [0.3, 0.4) is 0 Å². The zero-order valence-electron chi connectivity index (χ0n) is 16.0. The maximum absolute atomic E-state index is 12.9. The zero-order valence-corrected chi connectivity index (χ0v) is 16.0. The highest BCUT2D eigenvalue weighted by molar-refractivity contribution is 5.84. The van der Waals surface area contributed by atoms with Gasteiger partial charge < -0.3 is 14.5 Å². The fraction of sp³-hybridized carbons (Fsp3) is 0.600. The molecule has 1 saturated heterocycles. The van der Waals surface area contributed by atoms with Gasteiger partial charge >= 0.3 is 0 Å². The molecule has 0 saturated carbocycles. The van der Waals surface area contributed by atoms with Crippen LogP contribution in [0.5, 0.6) is 5.75 Å². The second-order valence-electron chi connectivity index (χ2n) is 7.72. The van der Waals surface area contributed by atoms with Gasteiger partial charge in [-0.15, -0.1) is 0 Å². The van der Waals surface area contributed by atoms with Gasteiger partial charge in [0.05, 0.1) is 13.0 Å². The van der Waals surface area contributed by atoms with Gasteiger partial charge in [0.25, 0.3) is 0 Å². The largest absolute Gasteiger partial charge is 0.497 e. The van der Waals surface area contributed by atoms with Crippen LogP contribution in [0.2, 0.25) is 0 Å². The zero-order chi connectivity index (χ0) is 18.6. The van der Waals surface area contributed by atoms with E-state index in [0.717, 1.165) is 24.3 Å². The third-order valence-electron chi connectivity index (χ3n) is 4.72. The minimum atomic E-state index is -0.379. The molecule has 138 valence electrons. The van der Waals surface area contributed by atoms with E-state index in [2.05, 4.69) is 0 Å². The fourth-order valence-corrected chi connectivity index (χ4v) is 3.12. The molecule has 2 amide bonds. The van der Waals surface area contributed by atoms with Crippen molar-refractivity contribution in [3.63, 3.8) is 0 Å². The molecule has 1 aromatic rings. The molecule has 25 heavy (non-hydrogen) atoms. The van der Waals surface area contributed by atoms with Crippen molar-refractivity contribution >= 4 is 11.8 Å². The quantitative estimate of drug-likeness (QED) is 0.845. The number of ether oxygens (including phenoxy) is 1. The predicted molar refractivity (Wildman–Crippen MR) is 98.6 cm³/mol. The summed E-state index contributed by atoms with van der Waals surface area (Å²) in [6.45, 7) is 10.4. The van der Waals surface area contributed by atoms with Crippen LogP contribution in [-0.4, -0.2) is 54.9 Å². The minimum absolute atomic E-state index is 0.121. The molecule has 0 radical (unpaired) electrons. The van der Waals surface area contributed by atoms with Crippen LogP contribution in [0.1, 0.15) is 45.6 Å². The number of amides is 2. The van der Waals surface area contributed by atoms with Crippen LogP contribution in [0, 0.1) is 5.41 Å². The van der Waals surface area contributed by atoms with Crippen LogP contribution in [0.4, 0.5) is 0 Å². The number of benzene rings is 1. The minimum Gasteiger partial charge on any atom is -0.497 e. The van der Waals surface area contributed by atoms with Crippen LogP contribution in [-0.2, 0) is 9.59 Å². The van der Waals surface area contributed by atoms with Gasteiger partial charge in [-0.05, 0) is 31.0 Å². The summed E-state index contributed by atoms with van der Waals surface area (Å²) in [6, 6.07) is 7.64. The first-order valence-corrected chi connectivity index (χ1v) is 8.96. The van der Waals surface area contributed by atoms with Gasteiger partial charge in [-0.25, -0.2) is 0 Å². The van der Waals surface area contributed by atoms with E-state index in [4.69, 9.17) is 4.74 Å². The Hall–Kier alpha value is -2.04. The molecule has 0 aromatic heterocycles. The van der Waals surface area contributed by atoms with E-state index in [1.807, 2.05) is 61.8 Å². The van der Waals surface area contributed by atoms with E-state index >= 15 is 0 Å². The number of methoxy groups -OCH3 is 1. The van der Waals surface area contributed by atoms with Crippen molar-refractivity contribution in [1.29, 1.82) is 0 Å². The SMILES string of the molecule is COc1ccc([C@@H](C)C(=O)N2CCCN(C(=O)C(C)(C)C)CC2)cc1. The highest BCUT2D eigenvalue weighted by Crippen LogP contribution is 2.23. The Bertz CT molecular complexity index is 604. The van der Waals surface area contributed by atoms with Crippen molar-refractivity contribution < 1.29 is 14.3 Å². The Morgan fingerprint density at radius 2 is 1.56 bits per heavy atom. The number of carbonyl (C=O) groups excluding carboxylic acids is 2. The maximum Gasteiger partial charge on any atom is 0.229 e. The summed E-state index contributed by atoms with van der Waals surface area (Å²) in [5.41, 5.74) is 0.605. The van der Waals surface area contributed by atoms with E-state index in [1.165, 1.54) is 0 Å². The topological polar surface area (TPSA) is 49.9 Å². The van der Waals surface area contributed by atoms with Crippen molar-refractivity contribution in [3.05, 3.63) is 29.8 Å². The summed E-state index contributed by atoms with van der Waals surface area (Å²) in [6.07, 6.45) is 0.822. The number of hydrogen-bond acceptors (Lipinski definition) is 3. The second-order valence-corrected chi connectivity index (χ2v) is 7.72. The number of hydrogen-bond donors (Lipinski definition) is 0. The summed E-state index contributed by atoms with van der Waals surface area (Å²) in [7, 11) is 1.63. The molecule has 1 aromatic carbocycles. The summed E-state index contributed by atoms with van der Waals surface area (Å²) in [4.78, 5) is 29.1. The van der Waals surface area contributed by atoms with Crippen LogP contribution in [0.15, 0.2) is 24.3 Å². The first-order valence-electron chi connectivity index (χ1n) is 8.96. The average molecular weight is 346 g/mol. The Kier molecular flexibility index (Phi) is 6.09. The lowest BCUT2D eigenvalue weighted by molar-refractivity contribution is -0.140. The standard InChI is InChI=1S/C20H30N2O3/c1-15(16-7-9-17(25-5)10-8-16)18(23)21-11-6-12-22(14-13-21)19(24)20(2,3)4/h7-10,15H,6,11-14H2,1-5H3/t15-/m1/s1. The van der Waals surface area contributed by atoms with Crippen LogP contribution >= 0.6 is 0 Å². The van der Waals surface area contributed by atoms with Crippen LogP contribution < -0.4 is 4.74 Å². The number of nitrogens with zero attached hydrogens (tertiary/aromatic N) is 2. The monoisotopic (exact) mass is 346 g/mol. The third-order valence-corrected chi connectivity index (χ3v) is 4.72. The summed E-state index contributed by atoms with van der Waals surface area (Å²) in [5, 5.41) is 0. The molecular formula is C20H30N2O3. The molecule has 0 spiro atoms. The van der Waals surface area contributed by atoms with Gasteiger partial charge in [-0.2, -0.15) is 0 Å². The molecule has 1 heterocycles. The molecule has 1 aliphatic rings. The first kappa shape index (κ1) is 19.3. The smallest absolute Gasteiger partial charge is 0.229 e. The van der Waals surface area contributed by atoms with Crippen molar-refractivity contribution in [3.8, 4) is 5.75 Å². The van der Waals surface area contributed by atoms with Crippen molar-refractivity contribution in [2.45, 2.75) is 40.0 Å². The first-order chi connectivity index (χ1) is 11.7. The van der Waals surface area contributed by atoms with E-state index in [0.29, 0.717) is 19.6 Å². The van der Waals surface area contributed by atoms with Crippen LogP contribution in [0.25, 0.3) is 0 Å². The van der Waals surface area contributed by atoms with Crippen molar-refractivity contribution in [2.75, 3.05) is 33.3 Å². The lowest BCUT2D eigenvalue weighted by Crippen LogP contribution is -2.42. The van der Waals surface area contributed by atoms with Crippen molar-refractivity contribution in [1.82, 2.24) is 9.80 Å². The van der Waals surface area contributed by atoms with Gasteiger partial charge in [0.1, 0.15) is 5.75 Å². The molecule has 2 rings (SSSR count). The molecule has 0 aliphatic carbocycles. The number of carbonyl (C=O) groups is 2. The van der Waals surface area contributed by atoms with Gasteiger partial charge in [-0.1, -0.05) is 32.9 Å². The lowest BCUT2D eigenvalue weighted by Gasteiger charge is -2.29. The van der Waals surface area contributed by atoms with E-state index in [9.17, 15) is 9.59 Å². The van der Waals surface area contributed by atoms with Gasteiger partial charge in [-0.3, -0.25) is 9.59 Å². The fourth-order valence-electron chi connectivity index (χ4n) is 3.12. The van der Waals surface area contributed by atoms with Gasteiger partial charge in [0.2, 0.25) is 11.8 Å². The molecule has 0 unspecified atom stereocenters. The summed E-state index contributed by atoms with van der Waals surface area (Å²) >= 11 is 0. The number of rotatable bonds is 3. The maximum atomic E-state index is 12.9. The predicted octanol–water partition coefficient (Wildman–Crippen LogP) is 2.91. The highest BCUT2D eigenvalue weighted by atomic mass is 16.5. The molecule has 0 N–H and O–H groups in total. The molecule has 5 nitrogen and oxygen atoms in total. The van der Waals surface area contributed by atoms with Gasteiger partial charge in [0.15, 0.2) is 0 Å². The lowest BCUT2D eigenvalue weighted by atomic mass is 9.94. The molecule has 1 aliphatic heterocycles. The van der Waals surface area contributed by atoms with Crippen molar-refractivity contribution in [2.24, 2.45) is 5.41 Å². The molecule has 5 heteroatoms. The Labute approximate surface area is 150 Å². The molecule has 0 bridgehead atoms. The Morgan fingerprint density at radius 3 is 2.12 bits per heavy atom. The summed E-state index contributed by atoms with van der Waals surface area (Å²) in [5.74, 6) is 0.866. The molecule has 1 atom stereocenters. The van der Waals surface area contributed by atoms with E-state index in [1.54, 1.807) is 7.11 Å². The molecule has 1 fully saturated rings. The molecular weight excluding hydrogens is 316 g/mol. The summed E-state index contributed by atoms with van der Waals surface area (Å²) < 4.78 is 5.17.